The summed E-state index contributed by atoms with van der Waals surface area (Å²) >= 11 is 0. The summed E-state index contributed by atoms with van der Waals surface area (Å²) in [6.45, 7) is 6.05. The minimum atomic E-state index is -1.43. The van der Waals surface area contributed by atoms with E-state index in [1.807, 2.05) is 19.1 Å². The summed E-state index contributed by atoms with van der Waals surface area (Å²) in [6.07, 6.45) is 11.0. The van der Waals surface area contributed by atoms with Crippen LogP contribution in [0.1, 0.15) is 123 Å². The number of nitrogens with zero attached hydrogens (tertiary/aromatic N) is 1. The van der Waals surface area contributed by atoms with Crippen molar-refractivity contribution in [3.63, 3.8) is 0 Å². The number of carboxylic acid groups (broad SMARTS) is 1. The first-order valence-corrected chi connectivity index (χ1v) is 23.9. The summed E-state index contributed by atoms with van der Waals surface area (Å²) in [5.41, 5.74) is 9.39. The molecule has 0 radical (unpaired) electrons. The number of amides is 5. The Hall–Kier alpha value is -6.74. The molecule has 1 aliphatic heterocycles. The number of phenolic OH excluding ortho intramolecular Hbond substituents is 2. The summed E-state index contributed by atoms with van der Waals surface area (Å²) in [4.78, 5) is 82.1. The maximum absolute atomic E-state index is 14.5. The Labute approximate surface area is 399 Å². The number of fused-ring (bicyclic) bond motifs is 5. The highest BCUT2D eigenvalue weighted by molar-refractivity contribution is 5.97. The Kier molecular flexibility index (Phi) is 19.5. The molecule has 15 nitrogen and oxygen atoms in total. The van der Waals surface area contributed by atoms with Gasteiger partial charge in [-0.15, -0.1) is 0 Å². The van der Waals surface area contributed by atoms with E-state index in [9.17, 15) is 44.1 Å². The molecular weight excluding hydrogens is 865 g/mol. The van der Waals surface area contributed by atoms with Crippen molar-refractivity contribution < 1.29 is 49.8 Å². The van der Waals surface area contributed by atoms with Gasteiger partial charge < -0.3 is 47.2 Å². The molecule has 0 fully saturated rings. The fourth-order valence-corrected chi connectivity index (χ4v) is 8.56. The molecule has 10 N–H and O–H groups in total. The van der Waals surface area contributed by atoms with Gasteiger partial charge in [0.05, 0.1) is 6.54 Å². The second-order valence-electron chi connectivity index (χ2n) is 17.9. The number of aromatic hydroxyl groups is 2. The van der Waals surface area contributed by atoms with Gasteiger partial charge in [-0.25, -0.2) is 4.79 Å². The van der Waals surface area contributed by atoms with E-state index in [0.29, 0.717) is 30.5 Å². The molecule has 4 bridgehead atoms. The third kappa shape index (κ3) is 14.4. The molecule has 68 heavy (non-hydrogen) atoms. The molecule has 364 valence electrons. The highest BCUT2D eigenvalue weighted by Crippen LogP contribution is 2.39. The third-order valence-electron chi connectivity index (χ3n) is 12.6. The van der Waals surface area contributed by atoms with Gasteiger partial charge in [0.1, 0.15) is 35.7 Å². The van der Waals surface area contributed by atoms with Crippen LogP contribution in [0.2, 0.25) is 0 Å². The molecule has 1 heterocycles. The van der Waals surface area contributed by atoms with Gasteiger partial charge in [-0.3, -0.25) is 24.0 Å². The number of carbonyl (C=O) groups excluding carboxylic acids is 5. The Bertz CT molecular complexity index is 2400. The average Bonchev–Trinajstić information content (AvgIpc) is 3.31. The summed E-state index contributed by atoms with van der Waals surface area (Å²) in [5.74, 6) is -4.90. The van der Waals surface area contributed by atoms with E-state index in [1.165, 1.54) is 101 Å². The smallest absolute Gasteiger partial charge is 0.326 e. The number of hydrogen-bond donors (Lipinski definition) is 8. The van der Waals surface area contributed by atoms with Crippen LogP contribution in [0.3, 0.4) is 0 Å². The van der Waals surface area contributed by atoms with Crippen LogP contribution in [0.15, 0.2) is 78.9 Å². The number of carboxylic acids is 1. The maximum atomic E-state index is 14.5. The molecule has 0 aromatic heterocycles. The van der Waals surface area contributed by atoms with Crippen LogP contribution < -0.4 is 27.0 Å². The van der Waals surface area contributed by atoms with E-state index in [0.717, 1.165) is 28.0 Å². The Morgan fingerprint density at radius 1 is 0.794 bits per heavy atom. The first kappa shape index (κ1) is 52.2. The minimum Gasteiger partial charge on any atom is -0.507 e. The van der Waals surface area contributed by atoms with E-state index in [-0.39, 0.29) is 59.9 Å². The zero-order valence-corrected chi connectivity index (χ0v) is 39.9. The second-order valence-corrected chi connectivity index (χ2v) is 17.9. The van der Waals surface area contributed by atoms with Crippen LogP contribution in [0.5, 0.6) is 11.5 Å². The molecular formula is C53H69N6O9+. The highest BCUT2D eigenvalue weighted by Gasteiger charge is 2.36. The van der Waals surface area contributed by atoms with E-state index in [4.69, 9.17) is 0 Å². The van der Waals surface area contributed by atoms with E-state index >= 15 is 0 Å². The standard InChI is InChI=1S/C53H68N6O9/c1-5-6-7-8-9-10-11-14-35-16-19-37(20-17-35)38-21-23-40(33(2)29-38)50(64)55-28-26-47(62)57-43(15-12-13-27-54)52(66)59(4)48-39-22-25-46(61)42(32-39)41-30-36(18-24-45(41)60)31-44(53(67)68)58-49(63)34(3)56-51(48)65/h16-25,29-30,32,34,43-44,48,60-61H,5-15,26-28,31,54H2,1-4H3,(H,55,64)(H,56,65)(H,57,62)(H,58,63)(H,67,68)/p+1/t34-,43-,44-,48-/m0/s1. The third-order valence-corrected chi connectivity index (χ3v) is 12.6. The quantitative estimate of drug-likeness (QED) is 0.0465. The normalized spacial score (nSPS) is 16.4. The van der Waals surface area contributed by atoms with Gasteiger partial charge >= 0.3 is 5.97 Å². The number of likely N-dealkylation sites (N-methyl/N-ethyl adjacent to an activating group) is 1. The van der Waals surface area contributed by atoms with E-state index in [1.54, 1.807) is 6.07 Å². The van der Waals surface area contributed by atoms with Crippen molar-refractivity contribution in [2.24, 2.45) is 0 Å². The number of hydrogen-bond acceptors (Lipinski definition) is 8. The largest absolute Gasteiger partial charge is 0.507 e. The van der Waals surface area contributed by atoms with Crippen LogP contribution in [-0.2, 0) is 36.8 Å². The van der Waals surface area contributed by atoms with Crippen LogP contribution >= 0.6 is 0 Å². The number of aliphatic carboxylic acids is 1. The Balaban J connectivity index is 1.26. The zero-order chi connectivity index (χ0) is 49.3. The molecule has 15 heteroatoms. The van der Waals surface area contributed by atoms with Crippen LogP contribution in [0.4, 0.5) is 0 Å². The summed E-state index contributed by atoms with van der Waals surface area (Å²) in [5, 5.41) is 42.5. The lowest BCUT2D eigenvalue weighted by atomic mass is 9.93. The molecule has 0 saturated carbocycles. The van der Waals surface area contributed by atoms with Crippen molar-refractivity contribution in [3.05, 3.63) is 107 Å². The lowest BCUT2D eigenvalue weighted by Crippen LogP contribution is -2.55. The lowest BCUT2D eigenvalue weighted by Gasteiger charge is -2.32. The predicted molar refractivity (Wildman–Crippen MR) is 260 cm³/mol. The van der Waals surface area contributed by atoms with Gasteiger partial charge in [0.25, 0.3) is 5.91 Å². The summed E-state index contributed by atoms with van der Waals surface area (Å²) in [7, 11) is 1.38. The molecule has 4 aromatic carbocycles. The SMILES string of the molecule is CCCCCCCCCc1ccc(-c2ccc(C(=O)NCCC(=O)N[C@@H](CCCC[NH3+])C(=O)N(C)[C@@H]3C(=O)N[C@@H](C)C(=O)N[C@H](C(=O)O)Cc4ccc(O)c(c4)-c4cc3ccc4O)c(C)c2)cc1. The fraction of sp³-hybridized carbons (Fsp3) is 0.434. The first-order valence-electron chi connectivity index (χ1n) is 23.9. The van der Waals surface area contributed by atoms with Gasteiger partial charge in [0, 0.05) is 43.1 Å². The average molecular weight is 934 g/mol. The lowest BCUT2D eigenvalue weighted by molar-refractivity contribution is -0.368. The predicted octanol–water partition coefficient (Wildman–Crippen LogP) is 5.88. The van der Waals surface area contributed by atoms with Gasteiger partial charge in [-0.1, -0.05) is 94.0 Å². The van der Waals surface area contributed by atoms with Crippen LogP contribution in [0, 0.1) is 6.92 Å². The summed E-state index contributed by atoms with van der Waals surface area (Å²) in [6, 6.07) is 17.6. The van der Waals surface area contributed by atoms with Crippen LogP contribution in [-0.4, -0.2) is 94.0 Å². The van der Waals surface area contributed by atoms with Crippen molar-refractivity contribution in [2.75, 3.05) is 20.1 Å². The number of phenols is 2. The highest BCUT2D eigenvalue weighted by atomic mass is 16.4. The monoisotopic (exact) mass is 934 g/mol. The number of rotatable bonds is 21. The van der Waals surface area contributed by atoms with Gasteiger partial charge in [-0.2, -0.15) is 0 Å². The molecule has 5 rings (SSSR count). The van der Waals surface area contributed by atoms with Gasteiger partial charge in [-0.05, 0) is 110 Å². The summed E-state index contributed by atoms with van der Waals surface area (Å²) < 4.78 is 0. The van der Waals surface area contributed by atoms with Crippen molar-refractivity contribution in [1.82, 2.24) is 26.2 Å². The van der Waals surface area contributed by atoms with Gasteiger partial charge in [0.15, 0.2) is 0 Å². The van der Waals surface area contributed by atoms with E-state index < -0.39 is 53.8 Å². The molecule has 1 aliphatic rings. The van der Waals surface area contributed by atoms with Crippen molar-refractivity contribution in [1.29, 1.82) is 0 Å². The molecule has 0 spiro atoms. The molecule has 4 atom stereocenters. The number of carbonyl (C=O) groups is 6. The van der Waals surface area contributed by atoms with Gasteiger partial charge in [0.2, 0.25) is 23.6 Å². The fourth-order valence-electron chi connectivity index (χ4n) is 8.56. The van der Waals surface area contributed by atoms with Crippen molar-refractivity contribution in [3.8, 4) is 33.8 Å². The molecule has 0 aliphatic carbocycles. The number of quaternary nitrogens is 1. The van der Waals surface area contributed by atoms with Crippen LogP contribution in [0.25, 0.3) is 22.3 Å². The molecule has 0 unspecified atom stereocenters. The van der Waals surface area contributed by atoms with E-state index in [2.05, 4.69) is 58.2 Å². The first-order chi connectivity index (χ1) is 32.6. The number of unbranched alkanes of at least 4 members (excludes halogenated alkanes) is 7. The Morgan fingerprint density at radius 3 is 2.13 bits per heavy atom. The number of aryl methyl sites for hydroxylation is 2. The zero-order valence-electron chi connectivity index (χ0n) is 39.9. The molecule has 4 aromatic rings. The molecule has 5 amide bonds. The minimum absolute atomic E-state index is 0.0141. The number of nitrogens with one attached hydrogen (secondary N) is 4. The topological polar surface area (TPSA) is 242 Å². The number of benzene rings is 4. The van der Waals surface area contributed by atoms with Crippen molar-refractivity contribution in [2.45, 2.75) is 128 Å². The maximum Gasteiger partial charge on any atom is 0.326 e. The molecule has 0 saturated heterocycles. The second kappa shape index (κ2) is 25.4. The van der Waals surface area contributed by atoms with Crippen molar-refractivity contribution >= 4 is 35.5 Å². The Morgan fingerprint density at radius 2 is 1.46 bits per heavy atom.